The van der Waals surface area contributed by atoms with Gasteiger partial charge in [0.15, 0.2) is 15.2 Å². The van der Waals surface area contributed by atoms with Crippen LogP contribution in [0, 0.1) is 0 Å². The van der Waals surface area contributed by atoms with Crippen molar-refractivity contribution in [1.29, 1.82) is 0 Å². The Balaban J connectivity index is 1.93. The molecule has 2 nitrogen and oxygen atoms in total. The molecular formula is C36H32N2Si2. The largest absolute Gasteiger partial charge is 0.399 e. The Morgan fingerprint density at radius 1 is 0.250 bits per heavy atom. The third-order valence-electron chi connectivity index (χ3n) is 8.08. The number of nitrogen functional groups attached to an aromatic ring is 2. The van der Waals surface area contributed by atoms with Gasteiger partial charge in [0.1, 0.15) is 0 Å². The second-order valence-corrected chi connectivity index (χ2v) is 21.2. The van der Waals surface area contributed by atoms with Crippen LogP contribution in [0.15, 0.2) is 170 Å². The average Bonchev–Trinajstić information content (AvgIpc) is 3.03. The maximum Gasteiger partial charge on any atom is 0.154 e. The highest BCUT2D eigenvalue weighted by molar-refractivity contribution is 7.67. The molecule has 0 aliphatic carbocycles. The van der Waals surface area contributed by atoms with E-state index in [0.29, 0.717) is 0 Å². The Hall–Kier alpha value is -4.65. The van der Waals surface area contributed by atoms with Gasteiger partial charge in [0.05, 0.1) is 0 Å². The Morgan fingerprint density at radius 3 is 0.675 bits per heavy atom. The zero-order valence-corrected chi connectivity index (χ0v) is 24.3. The molecule has 0 amide bonds. The Kier molecular flexibility index (Phi) is 6.95. The molecule has 4 heteroatoms. The van der Waals surface area contributed by atoms with Crippen molar-refractivity contribution in [3.05, 3.63) is 170 Å². The molecule has 4 N–H and O–H groups in total. The molecule has 0 heterocycles. The number of hydrogen-bond acceptors (Lipinski definition) is 2. The van der Waals surface area contributed by atoms with Crippen LogP contribution in [0.25, 0.3) is 0 Å². The Bertz CT molecular complexity index is 1530. The van der Waals surface area contributed by atoms with Crippen LogP contribution in [0.1, 0.15) is 0 Å². The van der Waals surface area contributed by atoms with E-state index in [1.807, 2.05) is 0 Å². The van der Waals surface area contributed by atoms with Crippen molar-refractivity contribution in [2.24, 2.45) is 0 Å². The molecule has 6 aromatic rings. The molecule has 0 spiro atoms. The van der Waals surface area contributed by atoms with Crippen molar-refractivity contribution < 1.29 is 0 Å². The van der Waals surface area contributed by atoms with Crippen LogP contribution in [0.4, 0.5) is 11.4 Å². The number of benzene rings is 6. The van der Waals surface area contributed by atoms with Crippen molar-refractivity contribution in [1.82, 2.24) is 0 Å². The number of hydrogen-bond donors (Lipinski definition) is 2. The first-order valence-electron chi connectivity index (χ1n) is 13.6. The monoisotopic (exact) mass is 548 g/mol. The summed E-state index contributed by atoms with van der Waals surface area (Å²) >= 11 is 0. The van der Waals surface area contributed by atoms with E-state index in [-0.39, 0.29) is 0 Å². The smallest absolute Gasteiger partial charge is 0.154 e. The molecule has 0 fully saturated rings. The maximum absolute atomic E-state index is 6.32. The third-order valence-corrected chi connectivity index (χ3v) is 25.0. The van der Waals surface area contributed by atoms with Crippen molar-refractivity contribution in [2.45, 2.75) is 0 Å². The summed E-state index contributed by atoms with van der Waals surface area (Å²) in [5, 5.41) is 8.19. The van der Waals surface area contributed by atoms with Crippen molar-refractivity contribution in [3.63, 3.8) is 0 Å². The van der Waals surface area contributed by atoms with Crippen LogP contribution < -0.4 is 42.6 Å². The van der Waals surface area contributed by atoms with Gasteiger partial charge in [-0.1, -0.05) is 177 Å². The molecule has 0 saturated carbocycles. The number of nitrogens with two attached hydrogens (primary N) is 2. The molecule has 0 radical (unpaired) electrons. The van der Waals surface area contributed by atoms with Crippen molar-refractivity contribution >= 4 is 57.7 Å². The van der Waals surface area contributed by atoms with Gasteiger partial charge in [0, 0.05) is 11.4 Å². The first kappa shape index (κ1) is 25.6. The van der Waals surface area contributed by atoms with E-state index < -0.39 is 15.2 Å². The van der Waals surface area contributed by atoms with Crippen LogP contribution in [-0.2, 0) is 0 Å². The molecule has 6 rings (SSSR count). The first-order chi connectivity index (χ1) is 19.7. The normalized spacial score (nSPS) is 11.7. The van der Waals surface area contributed by atoms with E-state index in [0.717, 1.165) is 11.4 Å². The van der Waals surface area contributed by atoms with E-state index >= 15 is 0 Å². The van der Waals surface area contributed by atoms with E-state index in [9.17, 15) is 0 Å². The SMILES string of the molecule is Nc1ccc([Si](c2ccccc2)(c2ccc(N)cc2)[Si](c2ccccc2)(c2ccccc2)c2ccccc2)cc1. The average molecular weight is 549 g/mol. The lowest BCUT2D eigenvalue weighted by Crippen LogP contribution is -2.94. The molecule has 0 bridgehead atoms. The molecule has 0 saturated heterocycles. The highest BCUT2D eigenvalue weighted by Crippen LogP contribution is 2.23. The minimum atomic E-state index is -2.94. The van der Waals surface area contributed by atoms with Gasteiger partial charge >= 0.3 is 0 Å². The van der Waals surface area contributed by atoms with Crippen LogP contribution in [0.2, 0.25) is 0 Å². The summed E-state index contributed by atoms with van der Waals surface area (Å²) in [7, 11) is -5.85. The van der Waals surface area contributed by atoms with Gasteiger partial charge in [0.2, 0.25) is 0 Å². The molecule has 0 atom stereocenters. The fourth-order valence-electron chi connectivity index (χ4n) is 6.52. The molecule has 0 aliphatic rings. The third kappa shape index (κ3) is 4.09. The number of anilines is 2. The predicted molar refractivity (Wildman–Crippen MR) is 177 cm³/mol. The van der Waals surface area contributed by atoms with Gasteiger partial charge in [-0.3, -0.25) is 0 Å². The molecule has 194 valence electrons. The van der Waals surface area contributed by atoms with Crippen LogP contribution >= 0.6 is 0 Å². The second kappa shape index (κ2) is 10.8. The van der Waals surface area contributed by atoms with E-state index in [1.54, 1.807) is 0 Å². The lowest BCUT2D eigenvalue weighted by Gasteiger charge is -2.50. The molecule has 0 aromatic heterocycles. The lowest BCUT2D eigenvalue weighted by molar-refractivity contribution is 1.66. The topological polar surface area (TPSA) is 52.0 Å². The minimum absolute atomic E-state index is 0.767. The summed E-state index contributed by atoms with van der Waals surface area (Å²) in [6, 6.07) is 62.2. The Morgan fingerprint density at radius 2 is 0.450 bits per heavy atom. The van der Waals surface area contributed by atoms with Gasteiger partial charge in [-0.25, -0.2) is 0 Å². The van der Waals surface area contributed by atoms with Gasteiger partial charge in [-0.15, -0.1) is 0 Å². The first-order valence-corrected chi connectivity index (χ1v) is 18.6. The van der Waals surface area contributed by atoms with Crippen molar-refractivity contribution in [3.8, 4) is 0 Å². The molecular weight excluding hydrogens is 517 g/mol. The summed E-state index contributed by atoms with van der Waals surface area (Å²) < 4.78 is 0. The number of rotatable bonds is 7. The predicted octanol–water partition coefficient (Wildman–Crippen LogP) is 3.57. The fraction of sp³-hybridized carbons (Fsp3) is 0. The van der Waals surface area contributed by atoms with Crippen LogP contribution in [-0.4, -0.2) is 15.2 Å². The standard InChI is InChI=1S/C36H32N2Si2/c37-29-21-25-35(26-22-29)40(34-19-11-4-12-20-34,36-27-23-30(38)24-28-36)39(31-13-5-1-6-14-31,32-15-7-2-8-16-32)33-17-9-3-10-18-33/h1-28H,37-38H2. The summed E-state index contributed by atoms with van der Waals surface area (Å²) in [5.41, 5.74) is 14.2. The zero-order chi connectivity index (χ0) is 27.4. The molecule has 40 heavy (non-hydrogen) atoms. The summed E-state index contributed by atoms with van der Waals surface area (Å²) in [6.45, 7) is 0. The zero-order valence-electron chi connectivity index (χ0n) is 22.3. The maximum atomic E-state index is 6.32. The lowest BCUT2D eigenvalue weighted by atomic mass is 10.3. The minimum Gasteiger partial charge on any atom is -0.399 e. The van der Waals surface area contributed by atoms with E-state index in [2.05, 4.69) is 170 Å². The highest BCUT2D eigenvalue weighted by Gasteiger charge is 2.61. The molecule has 0 aliphatic heterocycles. The quantitative estimate of drug-likeness (QED) is 0.182. The van der Waals surface area contributed by atoms with Gasteiger partial charge in [-0.2, -0.15) is 0 Å². The highest BCUT2D eigenvalue weighted by atomic mass is 29.3. The summed E-state index contributed by atoms with van der Waals surface area (Å²) in [6.07, 6.45) is 0. The summed E-state index contributed by atoms with van der Waals surface area (Å²) in [4.78, 5) is 0. The summed E-state index contributed by atoms with van der Waals surface area (Å²) in [5.74, 6) is 0. The van der Waals surface area contributed by atoms with E-state index in [4.69, 9.17) is 11.5 Å². The van der Waals surface area contributed by atoms with Gasteiger partial charge in [0.25, 0.3) is 0 Å². The fourth-order valence-corrected chi connectivity index (χ4v) is 26.0. The molecule has 0 unspecified atom stereocenters. The van der Waals surface area contributed by atoms with Gasteiger partial charge in [-0.05, 0) is 24.3 Å². The molecule has 6 aromatic carbocycles. The van der Waals surface area contributed by atoms with Gasteiger partial charge < -0.3 is 11.5 Å². The van der Waals surface area contributed by atoms with E-state index in [1.165, 1.54) is 31.1 Å². The van der Waals surface area contributed by atoms with Crippen molar-refractivity contribution in [2.75, 3.05) is 11.5 Å². The second-order valence-electron chi connectivity index (χ2n) is 10.2. The van der Waals surface area contributed by atoms with Crippen LogP contribution in [0.5, 0.6) is 0 Å². The van der Waals surface area contributed by atoms with Crippen LogP contribution in [0.3, 0.4) is 0 Å². The Labute approximate surface area is 238 Å².